The maximum atomic E-state index is 13.3. The molecule has 2 aromatic carbocycles. The molecule has 0 saturated carbocycles. The molecule has 1 N–H and O–H groups in total. The van der Waals surface area contributed by atoms with Crippen LogP contribution in [0.5, 0.6) is 11.5 Å². The van der Waals surface area contributed by atoms with Crippen molar-refractivity contribution in [3.8, 4) is 17.2 Å². The molecule has 4 rings (SSSR count). The van der Waals surface area contributed by atoms with Crippen molar-refractivity contribution < 1.29 is 14.3 Å². The van der Waals surface area contributed by atoms with Crippen molar-refractivity contribution in [1.29, 1.82) is 0 Å². The number of hydrogen-bond acceptors (Lipinski definition) is 7. The molecular formula is C26H29N3O4S2. The maximum absolute atomic E-state index is 13.3. The fraction of sp³-hybridized carbons (Fsp3) is 0.346. The molecule has 1 amide bonds. The molecule has 0 atom stereocenters. The number of carbonyl (C=O) groups is 1. The number of fused-ring (bicyclic) bond motifs is 1. The lowest BCUT2D eigenvalue weighted by molar-refractivity contribution is -0.118. The molecule has 9 heteroatoms. The Hall–Kier alpha value is -2.91. The predicted molar refractivity (Wildman–Crippen MR) is 141 cm³/mol. The van der Waals surface area contributed by atoms with E-state index in [-0.39, 0.29) is 17.2 Å². The lowest BCUT2D eigenvalue weighted by Gasteiger charge is -2.15. The van der Waals surface area contributed by atoms with Gasteiger partial charge in [-0.1, -0.05) is 23.9 Å². The molecule has 1 aliphatic heterocycles. The minimum atomic E-state index is -0.105. The van der Waals surface area contributed by atoms with Crippen molar-refractivity contribution in [1.82, 2.24) is 14.9 Å². The number of thioether (sulfide) groups is 2. The quantitative estimate of drug-likeness (QED) is 0.344. The Labute approximate surface area is 213 Å². The highest BCUT2D eigenvalue weighted by molar-refractivity contribution is 8.00. The molecule has 0 bridgehead atoms. The van der Waals surface area contributed by atoms with Gasteiger partial charge in [-0.2, -0.15) is 0 Å². The summed E-state index contributed by atoms with van der Waals surface area (Å²) in [4.78, 5) is 31.5. The lowest BCUT2D eigenvalue weighted by atomic mass is 10.1. The Morgan fingerprint density at radius 3 is 2.57 bits per heavy atom. The zero-order valence-corrected chi connectivity index (χ0v) is 22.0. The first-order valence-corrected chi connectivity index (χ1v) is 13.3. The standard InChI is InChI=1S/C26H29N3O4S2/c1-16-11-17(2)13-19(12-16)29-25(31)24-20(8-10-34-24)28-26(29)35-15-23(30)27-9-7-18-5-6-21(32-3)22(14-18)33-4/h5-6,11-14H,7-10,15H2,1-4H3,(H,27,30). The van der Waals surface area contributed by atoms with Crippen molar-refractivity contribution in [2.24, 2.45) is 0 Å². The molecule has 1 aromatic heterocycles. The van der Waals surface area contributed by atoms with Gasteiger partial charge in [0, 0.05) is 18.7 Å². The summed E-state index contributed by atoms with van der Waals surface area (Å²) in [6.07, 6.45) is 1.44. The second-order valence-corrected chi connectivity index (χ2v) is 10.4. The topological polar surface area (TPSA) is 82.5 Å². The SMILES string of the molecule is COc1ccc(CCNC(=O)CSc2nc3c(c(=O)n2-c2cc(C)cc(C)c2)SCC3)cc1OC. The summed E-state index contributed by atoms with van der Waals surface area (Å²) >= 11 is 2.85. The van der Waals surface area contributed by atoms with E-state index in [2.05, 4.69) is 11.4 Å². The lowest BCUT2D eigenvalue weighted by Crippen LogP contribution is -2.28. The zero-order valence-electron chi connectivity index (χ0n) is 20.3. The Morgan fingerprint density at radius 2 is 1.86 bits per heavy atom. The van der Waals surface area contributed by atoms with Crippen LogP contribution >= 0.6 is 23.5 Å². The number of amides is 1. The first-order valence-electron chi connectivity index (χ1n) is 11.4. The Balaban J connectivity index is 1.45. The normalized spacial score (nSPS) is 12.3. The molecular weight excluding hydrogens is 482 g/mol. The molecule has 35 heavy (non-hydrogen) atoms. The molecule has 0 saturated heterocycles. The van der Waals surface area contributed by atoms with Crippen LogP contribution in [0, 0.1) is 13.8 Å². The molecule has 0 aliphatic carbocycles. The van der Waals surface area contributed by atoms with E-state index in [0.29, 0.717) is 34.5 Å². The summed E-state index contributed by atoms with van der Waals surface area (Å²) in [5.74, 6) is 2.26. The number of methoxy groups -OCH3 is 2. The van der Waals surface area contributed by atoms with Crippen LogP contribution in [0.25, 0.3) is 5.69 Å². The molecule has 3 aromatic rings. The molecule has 1 aliphatic rings. The second-order valence-electron chi connectivity index (χ2n) is 8.33. The van der Waals surface area contributed by atoms with Gasteiger partial charge in [-0.25, -0.2) is 4.98 Å². The summed E-state index contributed by atoms with van der Waals surface area (Å²) in [6, 6.07) is 11.8. The van der Waals surface area contributed by atoms with Crippen molar-refractivity contribution in [2.75, 3.05) is 32.3 Å². The van der Waals surface area contributed by atoms with E-state index in [1.54, 1.807) is 30.5 Å². The summed E-state index contributed by atoms with van der Waals surface area (Å²) in [5.41, 5.74) is 4.74. The van der Waals surface area contributed by atoms with E-state index in [4.69, 9.17) is 14.5 Å². The fourth-order valence-electron chi connectivity index (χ4n) is 4.06. The van der Waals surface area contributed by atoms with Crippen molar-refractivity contribution in [3.05, 3.63) is 69.1 Å². The average molecular weight is 512 g/mol. The summed E-state index contributed by atoms with van der Waals surface area (Å²) in [5, 5.41) is 3.51. The highest BCUT2D eigenvalue weighted by atomic mass is 32.2. The van der Waals surface area contributed by atoms with Crippen LogP contribution in [0.2, 0.25) is 0 Å². The molecule has 7 nitrogen and oxygen atoms in total. The van der Waals surface area contributed by atoms with Crippen LogP contribution in [0.4, 0.5) is 0 Å². The monoisotopic (exact) mass is 511 g/mol. The smallest absolute Gasteiger partial charge is 0.272 e. The van der Waals surface area contributed by atoms with Crippen LogP contribution in [0.3, 0.4) is 0 Å². The summed E-state index contributed by atoms with van der Waals surface area (Å²) in [7, 11) is 3.20. The number of nitrogens with zero attached hydrogens (tertiary/aromatic N) is 2. The number of benzene rings is 2. The number of hydrogen-bond donors (Lipinski definition) is 1. The van der Waals surface area contributed by atoms with Crippen LogP contribution in [0.15, 0.2) is 51.2 Å². The number of carbonyl (C=O) groups excluding carboxylic acids is 1. The van der Waals surface area contributed by atoms with E-state index in [1.165, 1.54) is 11.8 Å². The Kier molecular flexibility index (Phi) is 8.07. The van der Waals surface area contributed by atoms with Gasteiger partial charge in [0.15, 0.2) is 16.7 Å². The van der Waals surface area contributed by atoms with Gasteiger partial charge in [-0.05, 0) is 61.2 Å². The summed E-state index contributed by atoms with van der Waals surface area (Å²) in [6.45, 7) is 4.51. The van der Waals surface area contributed by atoms with Crippen molar-refractivity contribution in [3.63, 3.8) is 0 Å². The average Bonchev–Trinajstić information content (AvgIpc) is 3.31. The highest BCUT2D eigenvalue weighted by Crippen LogP contribution is 2.30. The van der Waals surface area contributed by atoms with Crippen LogP contribution in [-0.2, 0) is 17.6 Å². The second kappa shape index (κ2) is 11.2. The molecule has 0 fully saturated rings. The highest BCUT2D eigenvalue weighted by Gasteiger charge is 2.23. The Bertz CT molecular complexity index is 1290. The largest absolute Gasteiger partial charge is 0.493 e. The Morgan fingerprint density at radius 1 is 1.11 bits per heavy atom. The van der Waals surface area contributed by atoms with E-state index in [0.717, 1.165) is 40.2 Å². The van der Waals surface area contributed by atoms with Gasteiger partial charge >= 0.3 is 0 Å². The number of aromatic nitrogens is 2. The van der Waals surface area contributed by atoms with E-state index < -0.39 is 0 Å². The maximum Gasteiger partial charge on any atom is 0.272 e. The first kappa shape index (κ1) is 25.2. The van der Waals surface area contributed by atoms with E-state index in [9.17, 15) is 9.59 Å². The van der Waals surface area contributed by atoms with Gasteiger partial charge in [0.05, 0.1) is 36.2 Å². The van der Waals surface area contributed by atoms with Crippen LogP contribution < -0.4 is 20.3 Å². The predicted octanol–water partition coefficient (Wildman–Crippen LogP) is 3.97. The van der Waals surface area contributed by atoms with Crippen LogP contribution in [0.1, 0.15) is 22.4 Å². The molecule has 0 spiro atoms. The van der Waals surface area contributed by atoms with Gasteiger partial charge in [0.1, 0.15) is 0 Å². The molecule has 0 unspecified atom stereocenters. The van der Waals surface area contributed by atoms with Crippen molar-refractivity contribution in [2.45, 2.75) is 36.7 Å². The van der Waals surface area contributed by atoms with Crippen LogP contribution in [-0.4, -0.2) is 47.7 Å². The minimum absolute atomic E-state index is 0.0566. The van der Waals surface area contributed by atoms with E-state index in [1.807, 2.05) is 44.2 Å². The number of rotatable bonds is 9. The fourth-order valence-corrected chi connectivity index (χ4v) is 5.94. The van der Waals surface area contributed by atoms with Gasteiger partial charge in [0.2, 0.25) is 5.91 Å². The van der Waals surface area contributed by atoms with E-state index >= 15 is 0 Å². The van der Waals surface area contributed by atoms with Gasteiger partial charge in [-0.3, -0.25) is 14.2 Å². The minimum Gasteiger partial charge on any atom is -0.493 e. The third-order valence-corrected chi connectivity index (χ3v) is 7.69. The number of ether oxygens (including phenoxy) is 2. The third-order valence-electron chi connectivity index (χ3n) is 5.65. The van der Waals surface area contributed by atoms with Gasteiger partial charge < -0.3 is 14.8 Å². The molecule has 2 heterocycles. The first-order chi connectivity index (χ1) is 16.9. The molecule has 0 radical (unpaired) electrons. The third kappa shape index (κ3) is 5.85. The van der Waals surface area contributed by atoms with Gasteiger partial charge in [-0.15, -0.1) is 11.8 Å². The van der Waals surface area contributed by atoms with Gasteiger partial charge in [0.25, 0.3) is 5.56 Å². The molecule has 184 valence electrons. The number of nitrogens with one attached hydrogen (secondary N) is 1. The number of aryl methyl sites for hydroxylation is 3. The summed E-state index contributed by atoms with van der Waals surface area (Å²) < 4.78 is 12.3. The van der Waals surface area contributed by atoms with Crippen molar-refractivity contribution >= 4 is 29.4 Å². The zero-order chi connectivity index (χ0) is 24.9.